The number of methoxy groups -OCH3 is 1. The molecule has 5 aliphatic rings. The Kier molecular flexibility index (Phi) is 10.6. The lowest BCUT2D eigenvalue weighted by molar-refractivity contribution is 0.0661. The number of imidazole rings is 2. The molecule has 70 heavy (non-hydrogen) atoms. The Morgan fingerprint density at radius 1 is 0.714 bits per heavy atom. The van der Waals surface area contributed by atoms with E-state index in [0.29, 0.717) is 60.2 Å². The quantitative estimate of drug-likeness (QED) is 0.125. The van der Waals surface area contributed by atoms with Crippen LogP contribution in [0.3, 0.4) is 0 Å². The predicted molar refractivity (Wildman–Crippen MR) is 272 cm³/mol. The first-order chi connectivity index (χ1) is 34.2. The first-order valence-corrected chi connectivity index (χ1v) is 25.7. The van der Waals surface area contributed by atoms with Gasteiger partial charge in [0.05, 0.1) is 35.0 Å². The van der Waals surface area contributed by atoms with Gasteiger partial charge in [-0.3, -0.25) is 9.59 Å². The number of fused-ring (bicyclic) bond motifs is 5. The van der Waals surface area contributed by atoms with Crippen LogP contribution in [0.25, 0.3) is 67.2 Å². The van der Waals surface area contributed by atoms with Gasteiger partial charge in [-0.05, 0) is 148 Å². The first-order valence-electron chi connectivity index (χ1n) is 25.7. The maximum absolute atomic E-state index is 14.3. The zero-order chi connectivity index (χ0) is 47.4. The summed E-state index contributed by atoms with van der Waals surface area (Å²) in [6, 6.07) is 23.0. The Bertz CT molecular complexity index is 3360. The Balaban J connectivity index is 0.746. The molecule has 0 spiro atoms. The zero-order valence-corrected chi connectivity index (χ0v) is 40.5. The molecule has 3 aliphatic heterocycles. The third kappa shape index (κ3) is 7.46. The third-order valence-corrected chi connectivity index (χ3v) is 16.6. The second-order valence-corrected chi connectivity index (χ2v) is 21.1. The van der Waals surface area contributed by atoms with Crippen molar-refractivity contribution in [2.75, 3.05) is 46.4 Å². The van der Waals surface area contributed by atoms with Crippen LogP contribution in [0.1, 0.15) is 83.7 Å². The van der Waals surface area contributed by atoms with E-state index in [0.717, 1.165) is 131 Å². The van der Waals surface area contributed by atoms with Crippen LogP contribution in [-0.2, 0) is 27.2 Å². The van der Waals surface area contributed by atoms with Gasteiger partial charge in [-0.1, -0.05) is 0 Å². The molecule has 1 unspecified atom stereocenters. The Hall–Kier alpha value is -6.58. The number of likely N-dealkylation sites (tertiary alicyclic amines) is 2. The molecule has 9 heterocycles. The number of hydrogen-bond donors (Lipinski definition) is 2. The number of ether oxygens (including phenoxy) is 1. The average Bonchev–Trinajstić information content (AvgIpc) is 4.20. The number of aryl methyl sites for hydroxylation is 2. The number of hydrogen-bond acceptors (Lipinski definition) is 9. The molecule has 3 N–H and O–H groups in total. The molecular weight excluding hydrogens is 877 g/mol. The van der Waals surface area contributed by atoms with E-state index < -0.39 is 0 Å². The summed E-state index contributed by atoms with van der Waals surface area (Å²) in [6.45, 7) is 6.15. The van der Waals surface area contributed by atoms with E-state index in [1.165, 1.54) is 25.7 Å². The molecule has 15 heteroatoms. The molecule has 360 valence electrons. The van der Waals surface area contributed by atoms with Crippen molar-refractivity contribution in [2.24, 2.45) is 43.5 Å². The lowest BCUT2D eigenvalue weighted by Gasteiger charge is -2.36. The molecule has 0 bridgehead atoms. The number of aromatic nitrogens is 8. The number of benzene rings is 2. The van der Waals surface area contributed by atoms with Crippen LogP contribution in [0.5, 0.6) is 5.75 Å². The van der Waals surface area contributed by atoms with Crippen LogP contribution in [0, 0.1) is 23.7 Å². The standard InChI is InChI=1S/C55H62N12O3/c1-62-45-13-11-37(23-42(45)60-52(62)46-25-35-5-4-19-57-50(35)66(46)29-33-6-7-33)54(68)65-22-17-39-40(28-58-44(39)31-65)41-12-10-36-26-47(67(51(36)59-41)30-34-8-9-34)53-61-43-24-38(27-48(70-3)49(43)63(53)2)55(69)64-20-15-32(14-18-56)16-21-64/h4-5,10-13,19,23-27,32-34,39-40,44,58H,6-9,14-18,20-22,28-31,56H2,1-3H3/t39-,40?,44-/m1/s1. The minimum atomic E-state index is 0.0220. The highest BCUT2D eigenvalue weighted by Gasteiger charge is 2.42. The summed E-state index contributed by atoms with van der Waals surface area (Å²) in [4.78, 5) is 52.8. The van der Waals surface area contributed by atoms with Gasteiger partial charge in [0.2, 0.25) is 0 Å². The van der Waals surface area contributed by atoms with Gasteiger partial charge in [0.25, 0.3) is 11.8 Å². The van der Waals surface area contributed by atoms with Gasteiger partial charge in [0.1, 0.15) is 22.6 Å². The molecule has 2 amide bonds. The van der Waals surface area contributed by atoms with Gasteiger partial charge in [0.15, 0.2) is 11.6 Å². The van der Waals surface area contributed by atoms with E-state index in [9.17, 15) is 9.59 Å². The van der Waals surface area contributed by atoms with E-state index in [1.807, 2.05) is 53.4 Å². The molecule has 13 rings (SSSR count). The highest BCUT2D eigenvalue weighted by molar-refractivity contribution is 6.01. The molecule has 2 saturated carbocycles. The number of carbonyl (C=O) groups is 2. The molecule has 8 aromatic rings. The SMILES string of the molecule is COc1cc(C(=O)N2CCC(CCN)CC2)cc2nc(-c3cc4ccc(C5CN[C@@H]6CN(C(=O)c7ccc8c(c7)nc(-c7cc9cccnc9n7CC7CC7)n8C)CC[C@H]56)nc4n3CC3CC3)n(C)c12. The average molecular weight is 939 g/mol. The van der Waals surface area contributed by atoms with E-state index >= 15 is 0 Å². The summed E-state index contributed by atoms with van der Waals surface area (Å²) in [5.74, 6) is 4.89. The number of nitrogens with zero attached hydrogens (tertiary/aromatic N) is 10. The van der Waals surface area contributed by atoms with Crippen LogP contribution >= 0.6 is 0 Å². The van der Waals surface area contributed by atoms with Crippen molar-refractivity contribution in [3.63, 3.8) is 0 Å². The second-order valence-electron chi connectivity index (χ2n) is 21.1. The first kappa shape index (κ1) is 43.4. The molecule has 0 radical (unpaired) electrons. The van der Waals surface area contributed by atoms with Crippen molar-refractivity contribution in [2.45, 2.75) is 76.4 Å². The topological polar surface area (TPSA) is 159 Å². The number of nitrogens with two attached hydrogens (primary N) is 1. The summed E-state index contributed by atoms with van der Waals surface area (Å²) in [5.41, 5.74) is 15.7. The third-order valence-electron chi connectivity index (χ3n) is 16.6. The summed E-state index contributed by atoms with van der Waals surface area (Å²) < 4.78 is 14.9. The predicted octanol–water partition coefficient (Wildman–Crippen LogP) is 7.74. The zero-order valence-electron chi connectivity index (χ0n) is 40.5. The lowest BCUT2D eigenvalue weighted by atomic mass is 9.82. The van der Waals surface area contributed by atoms with Gasteiger partial charge in [-0.15, -0.1) is 0 Å². The number of amides is 2. The number of rotatable bonds is 12. The maximum atomic E-state index is 14.3. The van der Waals surface area contributed by atoms with Gasteiger partial charge in [0, 0.05) is 106 Å². The van der Waals surface area contributed by atoms with E-state index in [-0.39, 0.29) is 23.8 Å². The summed E-state index contributed by atoms with van der Waals surface area (Å²) >= 11 is 0. The molecule has 5 fully saturated rings. The van der Waals surface area contributed by atoms with E-state index in [4.69, 9.17) is 30.4 Å². The normalized spacial score (nSPS) is 20.9. The molecule has 3 saturated heterocycles. The Morgan fingerprint density at radius 3 is 2.14 bits per heavy atom. The molecule has 2 aliphatic carbocycles. The summed E-state index contributed by atoms with van der Waals surface area (Å²) in [6.07, 6.45) is 10.7. The number of piperidine rings is 2. The minimum Gasteiger partial charge on any atom is -0.494 e. The molecule has 2 aromatic carbocycles. The van der Waals surface area contributed by atoms with Crippen molar-refractivity contribution >= 4 is 55.9 Å². The fourth-order valence-corrected chi connectivity index (χ4v) is 12.3. The maximum Gasteiger partial charge on any atom is 0.254 e. The van der Waals surface area contributed by atoms with Crippen molar-refractivity contribution in [1.29, 1.82) is 0 Å². The Morgan fingerprint density at radius 2 is 1.40 bits per heavy atom. The fraction of sp³-hybridized carbons (Fsp3) is 0.455. The van der Waals surface area contributed by atoms with Gasteiger partial charge >= 0.3 is 0 Å². The molecule has 3 atom stereocenters. The number of pyridine rings is 2. The van der Waals surface area contributed by atoms with Crippen molar-refractivity contribution in [3.8, 4) is 28.8 Å². The van der Waals surface area contributed by atoms with Crippen LogP contribution in [-0.4, -0.2) is 112 Å². The van der Waals surface area contributed by atoms with Gasteiger partial charge in [-0.2, -0.15) is 0 Å². The molecule has 6 aromatic heterocycles. The van der Waals surface area contributed by atoms with E-state index in [2.05, 4.69) is 67.0 Å². The van der Waals surface area contributed by atoms with Gasteiger partial charge < -0.3 is 43.9 Å². The number of carbonyl (C=O) groups excluding carboxylic acids is 2. The highest BCUT2D eigenvalue weighted by Crippen LogP contribution is 2.42. The van der Waals surface area contributed by atoms with Crippen LogP contribution in [0.4, 0.5) is 0 Å². The van der Waals surface area contributed by atoms with Gasteiger partial charge in [-0.25, -0.2) is 19.9 Å². The second kappa shape index (κ2) is 17.1. The summed E-state index contributed by atoms with van der Waals surface area (Å²) in [5, 5.41) is 6.03. The molecular formula is C55H62N12O3. The highest BCUT2D eigenvalue weighted by atomic mass is 16.5. The van der Waals surface area contributed by atoms with Crippen LogP contribution in [0.15, 0.2) is 72.9 Å². The molecule has 15 nitrogen and oxygen atoms in total. The van der Waals surface area contributed by atoms with Crippen molar-refractivity contribution < 1.29 is 14.3 Å². The van der Waals surface area contributed by atoms with Crippen LogP contribution < -0.4 is 15.8 Å². The van der Waals surface area contributed by atoms with Crippen LogP contribution in [0.2, 0.25) is 0 Å². The van der Waals surface area contributed by atoms with Crippen molar-refractivity contribution in [3.05, 3.63) is 89.7 Å². The minimum absolute atomic E-state index is 0.0220. The largest absolute Gasteiger partial charge is 0.494 e. The van der Waals surface area contributed by atoms with E-state index in [1.54, 1.807) is 7.11 Å². The smallest absolute Gasteiger partial charge is 0.254 e. The van der Waals surface area contributed by atoms with Crippen molar-refractivity contribution in [1.82, 2.24) is 53.3 Å². The Labute approximate surface area is 407 Å². The summed E-state index contributed by atoms with van der Waals surface area (Å²) in [7, 11) is 5.77. The number of nitrogens with one attached hydrogen (secondary N) is 1. The monoisotopic (exact) mass is 939 g/mol. The fourth-order valence-electron chi connectivity index (χ4n) is 12.3. The lowest BCUT2D eigenvalue weighted by Crippen LogP contribution is -2.49.